The Bertz CT molecular complexity index is 720. The van der Waals surface area contributed by atoms with Gasteiger partial charge in [-0.25, -0.2) is 0 Å². The number of hydrogen-bond acceptors (Lipinski definition) is 3. The van der Waals surface area contributed by atoms with Crippen molar-refractivity contribution in [3.63, 3.8) is 0 Å². The molecule has 0 spiro atoms. The molecule has 2 aromatic carbocycles. The van der Waals surface area contributed by atoms with Gasteiger partial charge in [0, 0.05) is 22.9 Å². The molecular formula is C16H14BrN3. The SMILES string of the molecule is NC(Cc1ccc(Br)cc1)c1cccc2nccnc12. The Morgan fingerprint density at radius 1 is 1.00 bits per heavy atom. The summed E-state index contributed by atoms with van der Waals surface area (Å²) in [6.07, 6.45) is 4.19. The van der Waals surface area contributed by atoms with Crippen LogP contribution in [0.3, 0.4) is 0 Å². The fourth-order valence-electron chi connectivity index (χ4n) is 2.30. The fourth-order valence-corrected chi connectivity index (χ4v) is 2.56. The number of aromatic nitrogens is 2. The van der Waals surface area contributed by atoms with Gasteiger partial charge in [0.2, 0.25) is 0 Å². The molecule has 2 N–H and O–H groups in total. The molecule has 0 bridgehead atoms. The molecule has 3 rings (SSSR count). The third-order valence-corrected chi connectivity index (χ3v) is 3.83. The van der Waals surface area contributed by atoms with Gasteiger partial charge in [0.1, 0.15) is 0 Å². The molecule has 3 nitrogen and oxygen atoms in total. The van der Waals surface area contributed by atoms with Gasteiger partial charge in [-0.2, -0.15) is 0 Å². The monoisotopic (exact) mass is 327 g/mol. The van der Waals surface area contributed by atoms with Crippen LogP contribution in [0.15, 0.2) is 59.3 Å². The Morgan fingerprint density at radius 3 is 2.55 bits per heavy atom. The first-order chi connectivity index (χ1) is 9.74. The quantitative estimate of drug-likeness (QED) is 0.799. The molecule has 20 heavy (non-hydrogen) atoms. The minimum absolute atomic E-state index is 0.0865. The summed E-state index contributed by atoms with van der Waals surface area (Å²) >= 11 is 3.44. The van der Waals surface area contributed by atoms with E-state index in [1.807, 2.05) is 30.3 Å². The minimum Gasteiger partial charge on any atom is -0.324 e. The largest absolute Gasteiger partial charge is 0.324 e. The first-order valence-electron chi connectivity index (χ1n) is 6.44. The summed E-state index contributed by atoms with van der Waals surface area (Å²) < 4.78 is 1.07. The lowest BCUT2D eigenvalue weighted by Crippen LogP contribution is -2.14. The van der Waals surface area contributed by atoms with Gasteiger partial charge in [0.15, 0.2) is 0 Å². The second-order valence-corrected chi connectivity index (χ2v) is 5.62. The normalized spacial score (nSPS) is 12.5. The van der Waals surface area contributed by atoms with Crippen LogP contribution in [0.4, 0.5) is 0 Å². The van der Waals surface area contributed by atoms with Gasteiger partial charge in [0.05, 0.1) is 11.0 Å². The summed E-state index contributed by atoms with van der Waals surface area (Å²) in [6, 6.07) is 14.1. The van der Waals surface area contributed by atoms with E-state index in [9.17, 15) is 0 Å². The van der Waals surface area contributed by atoms with Gasteiger partial charge < -0.3 is 5.73 Å². The Morgan fingerprint density at radius 2 is 1.75 bits per heavy atom. The lowest BCUT2D eigenvalue weighted by molar-refractivity contribution is 0.726. The van der Waals surface area contributed by atoms with E-state index in [-0.39, 0.29) is 6.04 Å². The molecule has 0 saturated carbocycles. The number of para-hydroxylation sites is 1. The number of fused-ring (bicyclic) bond motifs is 1. The van der Waals surface area contributed by atoms with Crippen LogP contribution < -0.4 is 5.73 Å². The maximum Gasteiger partial charge on any atom is 0.0934 e. The van der Waals surface area contributed by atoms with Gasteiger partial charge in [-0.05, 0) is 35.7 Å². The van der Waals surface area contributed by atoms with Crippen molar-refractivity contribution in [3.05, 3.63) is 70.5 Å². The fraction of sp³-hybridized carbons (Fsp3) is 0.125. The number of hydrogen-bond donors (Lipinski definition) is 1. The molecule has 4 heteroatoms. The molecule has 1 aromatic heterocycles. The molecule has 0 aliphatic heterocycles. The van der Waals surface area contributed by atoms with Crippen LogP contribution in [0.1, 0.15) is 17.2 Å². The van der Waals surface area contributed by atoms with Crippen LogP contribution in [0.2, 0.25) is 0 Å². The summed E-state index contributed by atoms with van der Waals surface area (Å²) in [5, 5.41) is 0. The molecule has 0 aliphatic carbocycles. The van der Waals surface area contributed by atoms with Crippen LogP contribution in [-0.2, 0) is 6.42 Å². The van der Waals surface area contributed by atoms with Crippen LogP contribution >= 0.6 is 15.9 Å². The zero-order chi connectivity index (χ0) is 13.9. The van der Waals surface area contributed by atoms with E-state index < -0.39 is 0 Å². The van der Waals surface area contributed by atoms with Gasteiger partial charge in [-0.15, -0.1) is 0 Å². The second-order valence-electron chi connectivity index (χ2n) is 4.71. The van der Waals surface area contributed by atoms with E-state index in [1.54, 1.807) is 12.4 Å². The van der Waals surface area contributed by atoms with Crippen molar-refractivity contribution in [2.45, 2.75) is 12.5 Å². The predicted molar refractivity (Wildman–Crippen MR) is 84.3 cm³/mol. The first kappa shape index (κ1) is 13.2. The second kappa shape index (κ2) is 5.69. The van der Waals surface area contributed by atoms with Crippen molar-refractivity contribution in [1.82, 2.24) is 9.97 Å². The summed E-state index contributed by atoms with van der Waals surface area (Å²) in [5.74, 6) is 0. The van der Waals surface area contributed by atoms with Crippen molar-refractivity contribution in [1.29, 1.82) is 0 Å². The van der Waals surface area contributed by atoms with E-state index in [1.165, 1.54) is 5.56 Å². The highest BCUT2D eigenvalue weighted by atomic mass is 79.9. The average Bonchev–Trinajstić information content (AvgIpc) is 2.49. The Labute approximate surface area is 126 Å². The highest BCUT2D eigenvalue weighted by Crippen LogP contribution is 2.23. The topological polar surface area (TPSA) is 51.8 Å². The number of nitrogens with two attached hydrogens (primary N) is 1. The molecule has 1 heterocycles. The summed E-state index contributed by atoms with van der Waals surface area (Å²) in [5.41, 5.74) is 10.4. The average molecular weight is 328 g/mol. The van der Waals surface area contributed by atoms with Crippen molar-refractivity contribution in [2.75, 3.05) is 0 Å². The first-order valence-corrected chi connectivity index (χ1v) is 7.23. The number of benzene rings is 2. The van der Waals surface area contributed by atoms with Crippen molar-refractivity contribution in [3.8, 4) is 0 Å². The molecule has 1 unspecified atom stereocenters. The maximum absolute atomic E-state index is 6.35. The van der Waals surface area contributed by atoms with Crippen LogP contribution in [0.25, 0.3) is 11.0 Å². The van der Waals surface area contributed by atoms with Gasteiger partial charge in [0.25, 0.3) is 0 Å². The number of halogens is 1. The molecule has 0 saturated heterocycles. The molecule has 0 fully saturated rings. The molecule has 0 aliphatic rings. The van der Waals surface area contributed by atoms with Gasteiger partial charge in [-0.1, -0.05) is 40.2 Å². The maximum atomic E-state index is 6.35. The Balaban J connectivity index is 1.92. The Hall–Kier alpha value is -1.78. The van der Waals surface area contributed by atoms with Crippen LogP contribution in [0, 0.1) is 0 Å². The molecule has 3 aromatic rings. The highest BCUT2D eigenvalue weighted by Gasteiger charge is 2.11. The highest BCUT2D eigenvalue weighted by molar-refractivity contribution is 9.10. The molecule has 1 atom stereocenters. The van der Waals surface area contributed by atoms with Gasteiger partial charge >= 0.3 is 0 Å². The number of nitrogens with zero attached hydrogens (tertiary/aromatic N) is 2. The third kappa shape index (κ3) is 2.71. The molecule has 0 radical (unpaired) electrons. The zero-order valence-corrected chi connectivity index (χ0v) is 12.4. The van der Waals surface area contributed by atoms with E-state index >= 15 is 0 Å². The summed E-state index contributed by atoms with van der Waals surface area (Å²) in [7, 11) is 0. The van der Waals surface area contributed by atoms with Crippen molar-refractivity contribution < 1.29 is 0 Å². The summed E-state index contributed by atoms with van der Waals surface area (Å²) in [6.45, 7) is 0. The predicted octanol–water partition coefficient (Wildman–Crippen LogP) is 3.63. The minimum atomic E-state index is -0.0865. The lowest BCUT2D eigenvalue weighted by atomic mass is 9.98. The summed E-state index contributed by atoms with van der Waals surface area (Å²) in [4.78, 5) is 8.73. The van der Waals surface area contributed by atoms with Gasteiger partial charge in [-0.3, -0.25) is 9.97 Å². The standard InChI is InChI=1S/C16H14BrN3/c17-12-6-4-11(5-7-12)10-14(18)13-2-1-3-15-16(13)20-9-8-19-15/h1-9,14H,10,18H2. The molecular weight excluding hydrogens is 314 g/mol. The smallest absolute Gasteiger partial charge is 0.0934 e. The van der Waals surface area contributed by atoms with E-state index in [4.69, 9.17) is 5.73 Å². The van der Waals surface area contributed by atoms with Crippen molar-refractivity contribution in [2.24, 2.45) is 5.73 Å². The molecule has 100 valence electrons. The van der Waals surface area contributed by atoms with E-state index in [0.29, 0.717) is 0 Å². The van der Waals surface area contributed by atoms with Crippen molar-refractivity contribution >= 4 is 27.0 Å². The zero-order valence-electron chi connectivity index (χ0n) is 10.8. The third-order valence-electron chi connectivity index (χ3n) is 3.30. The number of rotatable bonds is 3. The lowest BCUT2D eigenvalue weighted by Gasteiger charge is -2.14. The van der Waals surface area contributed by atoms with Crippen LogP contribution in [0.5, 0.6) is 0 Å². The molecule has 0 amide bonds. The van der Waals surface area contributed by atoms with E-state index in [0.717, 1.165) is 27.5 Å². The van der Waals surface area contributed by atoms with E-state index in [2.05, 4.69) is 38.0 Å². The van der Waals surface area contributed by atoms with Crippen LogP contribution in [-0.4, -0.2) is 9.97 Å². The Kier molecular flexibility index (Phi) is 3.76.